The van der Waals surface area contributed by atoms with Crippen molar-refractivity contribution in [3.8, 4) is 0 Å². The van der Waals surface area contributed by atoms with Gasteiger partial charge in [-0.05, 0) is 44.3 Å². The molecule has 4 nitrogen and oxygen atoms in total. The molecule has 3 heterocycles. The van der Waals surface area contributed by atoms with Crippen LogP contribution in [-0.4, -0.2) is 40.0 Å². The average molecular weight is 307 g/mol. The number of piperidine rings is 1. The van der Waals surface area contributed by atoms with Crippen molar-refractivity contribution in [3.63, 3.8) is 0 Å². The van der Waals surface area contributed by atoms with Gasteiger partial charge < -0.3 is 10.2 Å². The molecule has 0 amide bonds. The minimum atomic E-state index is -0.439. The van der Waals surface area contributed by atoms with Crippen molar-refractivity contribution in [1.29, 1.82) is 0 Å². The second kappa shape index (κ2) is 5.77. The first-order valence-corrected chi connectivity index (χ1v) is 6.68. The number of hydrogen-bond donors (Lipinski definition) is 1. The highest BCUT2D eigenvalue weighted by Crippen LogP contribution is 2.35. The van der Waals surface area contributed by atoms with Gasteiger partial charge in [0.2, 0.25) is 5.28 Å². The van der Waals surface area contributed by atoms with E-state index in [0.29, 0.717) is 12.1 Å². The van der Waals surface area contributed by atoms with Crippen LogP contribution in [0.15, 0.2) is 6.20 Å². The van der Waals surface area contributed by atoms with Crippen LogP contribution in [0.25, 0.3) is 0 Å². The fraction of sp³-hybridized carbons (Fsp3) is 0.667. The normalized spacial score (nSPS) is 29.9. The standard InChI is InChI=1S/C12H16ClFN4.ClH/c1-18-8-2-3-9(18)5-7(4-8)16-11-10(14)6-15-12(13)17-11;/h6-9H,2-5H2,1H3,(H,15,16,17);1H/t7-,8+,9-;. The molecule has 3 atom stereocenters. The number of nitrogens with one attached hydrogen (secondary N) is 1. The largest absolute Gasteiger partial charge is 0.365 e. The van der Waals surface area contributed by atoms with Gasteiger partial charge in [-0.25, -0.2) is 9.37 Å². The van der Waals surface area contributed by atoms with E-state index in [0.717, 1.165) is 19.0 Å². The van der Waals surface area contributed by atoms with E-state index in [2.05, 4.69) is 27.2 Å². The summed E-state index contributed by atoms with van der Waals surface area (Å²) in [6.45, 7) is 0. The second-order valence-electron chi connectivity index (χ2n) is 5.20. The molecular weight excluding hydrogens is 290 g/mol. The molecule has 2 bridgehead atoms. The number of hydrogen-bond acceptors (Lipinski definition) is 4. The summed E-state index contributed by atoms with van der Waals surface area (Å²) in [4.78, 5) is 9.97. The molecule has 2 aliphatic rings. The number of rotatable bonds is 2. The Labute approximate surface area is 123 Å². The molecule has 0 saturated carbocycles. The molecule has 0 unspecified atom stereocenters. The molecule has 1 N–H and O–H groups in total. The lowest BCUT2D eigenvalue weighted by Crippen LogP contribution is -2.44. The Morgan fingerprint density at radius 3 is 2.63 bits per heavy atom. The van der Waals surface area contributed by atoms with Gasteiger partial charge in [0.15, 0.2) is 11.6 Å². The van der Waals surface area contributed by atoms with Crippen LogP contribution in [0.4, 0.5) is 10.2 Å². The molecule has 2 fully saturated rings. The topological polar surface area (TPSA) is 41.0 Å². The molecule has 1 aromatic heterocycles. The first-order chi connectivity index (χ1) is 8.63. The highest BCUT2D eigenvalue weighted by molar-refractivity contribution is 6.28. The predicted molar refractivity (Wildman–Crippen MR) is 75.5 cm³/mol. The Morgan fingerprint density at radius 2 is 2.00 bits per heavy atom. The molecule has 2 aliphatic heterocycles. The molecule has 0 aromatic carbocycles. The Morgan fingerprint density at radius 1 is 1.37 bits per heavy atom. The van der Waals surface area contributed by atoms with Gasteiger partial charge in [0.25, 0.3) is 0 Å². The van der Waals surface area contributed by atoms with E-state index < -0.39 is 5.82 Å². The van der Waals surface area contributed by atoms with Gasteiger partial charge in [0.05, 0.1) is 6.20 Å². The van der Waals surface area contributed by atoms with Crippen LogP contribution in [0, 0.1) is 5.82 Å². The molecule has 3 rings (SSSR count). The fourth-order valence-corrected chi connectivity index (χ4v) is 3.30. The quantitative estimate of drug-likeness (QED) is 0.853. The summed E-state index contributed by atoms with van der Waals surface area (Å²) >= 11 is 5.69. The maximum absolute atomic E-state index is 13.6. The first kappa shape index (κ1) is 14.8. The predicted octanol–water partition coefficient (Wildman–Crippen LogP) is 2.73. The summed E-state index contributed by atoms with van der Waals surface area (Å²) in [5, 5.41) is 3.25. The monoisotopic (exact) mass is 306 g/mol. The van der Waals surface area contributed by atoms with Crippen molar-refractivity contribution in [2.75, 3.05) is 12.4 Å². The summed E-state index contributed by atoms with van der Waals surface area (Å²) in [7, 11) is 2.18. The highest BCUT2D eigenvalue weighted by Gasteiger charge is 2.38. The fourth-order valence-electron chi connectivity index (χ4n) is 3.17. The number of aromatic nitrogens is 2. The van der Waals surface area contributed by atoms with Crippen LogP contribution in [0.5, 0.6) is 0 Å². The Hall–Kier alpha value is -0.650. The van der Waals surface area contributed by atoms with Crippen molar-refractivity contribution in [2.45, 2.75) is 43.8 Å². The third kappa shape index (κ3) is 2.93. The van der Waals surface area contributed by atoms with Crippen molar-refractivity contribution >= 4 is 29.8 Å². The molecule has 7 heteroatoms. The summed E-state index contributed by atoms with van der Waals surface area (Å²) in [5.74, 6) is -0.213. The van der Waals surface area contributed by atoms with E-state index in [4.69, 9.17) is 11.6 Å². The summed E-state index contributed by atoms with van der Waals surface area (Å²) in [6, 6.07) is 1.50. The van der Waals surface area contributed by atoms with Gasteiger partial charge in [0, 0.05) is 18.1 Å². The van der Waals surface area contributed by atoms with Gasteiger partial charge in [-0.15, -0.1) is 12.4 Å². The minimum Gasteiger partial charge on any atom is -0.365 e. The molecule has 2 saturated heterocycles. The SMILES string of the molecule is CN1[C@@H]2CC[C@H]1C[C@@H](Nc1nc(Cl)ncc1F)C2.Cl. The number of nitrogens with zero attached hydrogens (tertiary/aromatic N) is 3. The molecule has 0 aliphatic carbocycles. The van der Waals surface area contributed by atoms with Crippen LogP contribution >= 0.6 is 24.0 Å². The third-order valence-electron chi connectivity index (χ3n) is 4.15. The zero-order chi connectivity index (χ0) is 12.7. The van der Waals surface area contributed by atoms with E-state index in [9.17, 15) is 4.39 Å². The van der Waals surface area contributed by atoms with E-state index >= 15 is 0 Å². The Bertz CT molecular complexity index is 445. The summed E-state index contributed by atoms with van der Waals surface area (Å²) < 4.78 is 13.6. The molecular formula is C12H17Cl2FN4. The Kier molecular flexibility index (Phi) is 4.48. The maximum Gasteiger partial charge on any atom is 0.224 e. The average Bonchev–Trinajstić information content (AvgIpc) is 2.58. The van der Waals surface area contributed by atoms with Gasteiger partial charge in [0.1, 0.15) is 0 Å². The zero-order valence-electron chi connectivity index (χ0n) is 10.6. The molecule has 0 spiro atoms. The van der Waals surface area contributed by atoms with Crippen LogP contribution in [0.3, 0.4) is 0 Å². The van der Waals surface area contributed by atoms with Crippen molar-refractivity contribution in [3.05, 3.63) is 17.3 Å². The lowest BCUT2D eigenvalue weighted by molar-refractivity contribution is 0.168. The third-order valence-corrected chi connectivity index (χ3v) is 4.34. The van der Waals surface area contributed by atoms with E-state index in [-0.39, 0.29) is 29.6 Å². The molecule has 1 aromatic rings. The molecule has 19 heavy (non-hydrogen) atoms. The van der Waals surface area contributed by atoms with Gasteiger partial charge in [-0.1, -0.05) is 0 Å². The molecule has 106 valence electrons. The minimum absolute atomic E-state index is 0. The molecule has 0 radical (unpaired) electrons. The second-order valence-corrected chi connectivity index (χ2v) is 5.54. The van der Waals surface area contributed by atoms with Gasteiger partial charge in [-0.3, -0.25) is 0 Å². The number of anilines is 1. The first-order valence-electron chi connectivity index (χ1n) is 6.30. The lowest BCUT2D eigenvalue weighted by Gasteiger charge is -2.36. The van der Waals surface area contributed by atoms with Crippen molar-refractivity contribution in [2.24, 2.45) is 0 Å². The van der Waals surface area contributed by atoms with E-state index in [1.165, 1.54) is 12.8 Å². The number of fused-ring (bicyclic) bond motifs is 2. The maximum atomic E-state index is 13.6. The van der Waals surface area contributed by atoms with Crippen LogP contribution in [0.1, 0.15) is 25.7 Å². The highest BCUT2D eigenvalue weighted by atomic mass is 35.5. The zero-order valence-corrected chi connectivity index (χ0v) is 12.2. The van der Waals surface area contributed by atoms with Crippen LogP contribution in [0.2, 0.25) is 5.28 Å². The summed E-state index contributed by atoms with van der Waals surface area (Å²) in [6.07, 6.45) is 5.67. The van der Waals surface area contributed by atoms with E-state index in [1.807, 2.05) is 0 Å². The van der Waals surface area contributed by atoms with Gasteiger partial charge in [-0.2, -0.15) is 4.98 Å². The Balaban J connectivity index is 0.00000133. The lowest BCUT2D eigenvalue weighted by atomic mass is 9.98. The van der Waals surface area contributed by atoms with Gasteiger partial charge >= 0.3 is 0 Å². The van der Waals surface area contributed by atoms with Crippen LogP contribution in [-0.2, 0) is 0 Å². The number of halogens is 3. The van der Waals surface area contributed by atoms with Crippen LogP contribution < -0.4 is 5.32 Å². The summed E-state index contributed by atoms with van der Waals surface area (Å²) in [5.41, 5.74) is 0. The van der Waals surface area contributed by atoms with E-state index in [1.54, 1.807) is 0 Å². The van der Waals surface area contributed by atoms with Crippen molar-refractivity contribution < 1.29 is 4.39 Å². The van der Waals surface area contributed by atoms with Crippen molar-refractivity contribution in [1.82, 2.24) is 14.9 Å². The smallest absolute Gasteiger partial charge is 0.224 e.